The maximum Gasteiger partial charge on any atom is 0.340 e. The first-order valence-corrected chi connectivity index (χ1v) is 6.95. The van der Waals surface area contributed by atoms with Crippen molar-refractivity contribution >= 4 is 11.9 Å². The first kappa shape index (κ1) is 15.4. The van der Waals surface area contributed by atoms with E-state index in [2.05, 4.69) is 10.1 Å². The van der Waals surface area contributed by atoms with Crippen molar-refractivity contribution in [3.05, 3.63) is 35.1 Å². The van der Waals surface area contributed by atoms with Crippen LogP contribution in [0.2, 0.25) is 0 Å². The van der Waals surface area contributed by atoms with Crippen molar-refractivity contribution in [2.45, 2.75) is 25.9 Å². The quantitative estimate of drug-likeness (QED) is 0.851. The highest BCUT2D eigenvalue weighted by molar-refractivity contribution is 5.89. The molecule has 1 fully saturated rings. The predicted octanol–water partition coefficient (Wildman–Crippen LogP) is 1.32. The molecule has 1 heterocycles. The Labute approximate surface area is 123 Å². The fraction of sp³-hybridized carbons (Fsp3) is 0.467. The van der Waals surface area contributed by atoms with Crippen molar-refractivity contribution in [2.75, 3.05) is 20.2 Å². The largest absolute Gasteiger partial charge is 0.465 e. The zero-order valence-electron chi connectivity index (χ0n) is 12.2. The molecule has 21 heavy (non-hydrogen) atoms. The molecule has 1 aliphatic rings. The van der Waals surface area contributed by atoms with Crippen molar-refractivity contribution in [3.8, 4) is 0 Å². The van der Waals surface area contributed by atoms with Crippen LogP contribution in [0, 0.1) is 5.82 Å². The molecule has 1 unspecified atom stereocenters. The number of nitrogens with zero attached hydrogens (tertiary/aromatic N) is 1. The second-order valence-electron chi connectivity index (χ2n) is 4.99. The smallest absolute Gasteiger partial charge is 0.340 e. The van der Waals surface area contributed by atoms with Crippen LogP contribution in [0.25, 0.3) is 0 Å². The maximum absolute atomic E-state index is 13.9. The SMILES string of the molecule is CCC1C(=O)NCCN1Cc1ccc(C(=O)OC)c(F)c1. The number of esters is 1. The van der Waals surface area contributed by atoms with Crippen LogP contribution >= 0.6 is 0 Å². The van der Waals surface area contributed by atoms with Crippen molar-refractivity contribution in [3.63, 3.8) is 0 Å². The van der Waals surface area contributed by atoms with E-state index in [0.717, 1.165) is 12.1 Å². The van der Waals surface area contributed by atoms with E-state index >= 15 is 0 Å². The number of rotatable bonds is 4. The number of nitrogens with one attached hydrogen (secondary N) is 1. The molecule has 1 N–H and O–H groups in total. The van der Waals surface area contributed by atoms with Gasteiger partial charge < -0.3 is 10.1 Å². The summed E-state index contributed by atoms with van der Waals surface area (Å²) in [5.74, 6) is -1.29. The Kier molecular flexibility index (Phi) is 4.90. The van der Waals surface area contributed by atoms with Gasteiger partial charge in [-0.2, -0.15) is 0 Å². The van der Waals surface area contributed by atoms with E-state index in [9.17, 15) is 14.0 Å². The predicted molar refractivity (Wildman–Crippen MR) is 75.2 cm³/mol. The number of ether oxygens (including phenoxy) is 1. The van der Waals surface area contributed by atoms with Gasteiger partial charge in [-0.05, 0) is 24.1 Å². The van der Waals surface area contributed by atoms with Crippen LogP contribution in [-0.2, 0) is 16.1 Å². The minimum Gasteiger partial charge on any atom is -0.465 e. The molecule has 1 saturated heterocycles. The van der Waals surface area contributed by atoms with E-state index in [1.165, 1.54) is 19.2 Å². The molecule has 1 atom stereocenters. The van der Waals surface area contributed by atoms with Gasteiger partial charge in [-0.15, -0.1) is 0 Å². The molecule has 5 nitrogen and oxygen atoms in total. The van der Waals surface area contributed by atoms with Crippen LogP contribution < -0.4 is 5.32 Å². The highest BCUT2D eigenvalue weighted by Crippen LogP contribution is 2.17. The highest BCUT2D eigenvalue weighted by atomic mass is 19.1. The van der Waals surface area contributed by atoms with Gasteiger partial charge in [-0.1, -0.05) is 13.0 Å². The molecule has 0 spiro atoms. The van der Waals surface area contributed by atoms with E-state index in [1.54, 1.807) is 6.07 Å². The Bertz CT molecular complexity index is 548. The monoisotopic (exact) mass is 294 g/mol. The molecule has 1 aromatic rings. The molecule has 0 aromatic heterocycles. The maximum atomic E-state index is 13.9. The molecule has 0 bridgehead atoms. The summed E-state index contributed by atoms with van der Waals surface area (Å²) in [6.07, 6.45) is 0.703. The minimum absolute atomic E-state index is 0.00963. The lowest BCUT2D eigenvalue weighted by molar-refractivity contribution is -0.129. The lowest BCUT2D eigenvalue weighted by Gasteiger charge is -2.34. The van der Waals surface area contributed by atoms with Gasteiger partial charge in [0.1, 0.15) is 5.82 Å². The number of methoxy groups -OCH3 is 1. The first-order chi connectivity index (χ1) is 10.1. The minimum atomic E-state index is -0.692. The number of carbonyl (C=O) groups excluding carboxylic acids is 2. The molecule has 1 amide bonds. The topological polar surface area (TPSA) is 58.6 Å². The van der Waals surface area contributed by atoms with Gasteiger partial charge in [0.15, 0.2) is 0 Å². The number of carbonyl (C=O) groups is 2. The molecule has 0 aliphatic carbocycles. The third-order valence-corrected chi connectivity index (χ3v) is 3.65. The summed E-state index contributed by atoms with van der Waals surface area (Å²) in [5.41, 5.74) is 0.651. The van der Waals surface area contributed by atoms with Crippen LogP contribution in [0.5, 0.6) is 0 Å². The summed E-state index contributed by atoms with van der Waals surface area (Å²) in [6.45, 7) is 3.75. The van der Waals surface area contributed by atoms with Crippen LogP contribution in [-0.4, -0.2) is 43.0 Å². The van der Waals surface area contributed by atoms with Gasteiger partial charge in [-0.3, -0.25) is 9.69 Å². The normalized spacial score (nSPS) is 19.2. The summed E-state index contributed by atoms with van der Waals surface area (Å²) < 4.78 is 18.4. The first-order valence-electron chi connectivity index (χ1n) is 6.95. The molecular weight excluding hydrogens is 275 g/mol. The van der Waals surface area contributed by atoms with Crippen LogP contribution in [0.1, 0.15) is 29.3 Å². The van der Waals surface area contributed by atoms with Crippen molar-refractivity contribution in [1.29, 1.82) is 0 Å². The molecule has 0 saturated carbocycles. The average molecular weight is 294 g/mol. The summed E-state index contributed by atoms with van der Waals surface area (Å²) >= 11 is 0. The molecule has 1 aromatic carbocycles. The Hall–Kier alpha value is -1.95. The fourth-order valence-corrected chi connectivity index (χ4v) is 2.56. The van der Waals surface area contributed by atoms with Gasteiger partial charge >= 0.3 is 5.97 Å². The van der Waals surface area contributed by atoms with Crippen molar-refractivity contribution in [1.82, 2.24) is 10.2 Å². The summed E-state index contributed by atoms with van der Waals surface area (Å²) in [6, 6.07) is 4.24. The summed E-state index contributed by atoms with van der Waals surface area (Å²) in [4.78, 5) is 25.2. The molecule has 2 rings (SSSR count). The van der Waals surface area contributed by atoms with Gasteiger partial charge in [0.2, 0.25) is 5.91 Å². The zero-order chi connectivity index (χ0) is 15.4. The average Bonchev–Trinajstić information content (AvgIpc) is 2.47. The van der Waals surface area contributed by atoms with Crippen LogP contribution in [0.4, 0.5) is 4.39 Å². The second-order valence-corrected chi connectivity index (χ2v) is 4.99. The van der Waals surface area contributed by atoms with Gasteiger partial charge in [0, 0.05) is 19.6 Å². The number of amides is 1. The Balaban J connectivity index is 2.14. The third kappa shape index (κ3) is 3.39. The fourth-order valence-electron chi connectivity index (χ4n) is 2.56. The zero-order valence-corrected chi connectivity index (χ0v) is 12.2. The molecular formula is C15H19FN2O3. The van der Waals surface area contributed by atoms with Crippen molar-refractivity contribution in [2.24, 2.45) is 0 Å². The highest BCUT2D eigenvalue weighted by Gasteiger charge is 2.28. The standard InChI is InChI=1S/C15H19FN2O3/c1-3-13-14(19)17-6-7-18(13)9-10-4-5-11(12(16)8-10)15(20)21-2/h4-5,8,13H,3,6-7,9H2,1-2H3,(H,17,19). The van der Waals surface area contributed by atoms with Gasteiger partial charge in [-0.25, -0.2) is 9.18 Å². The molecule has 0 radical (unpaired) electrons. The second kappa shape index (κ2) is 6.67. The lowest BCUT2D eigenvalue weighted by atomic mass is 10.1. The molecule has 1 aliphatic heterocycles. The van der Waals surface area contributed by atoms with E-state index in [-0.39, 0.29) is 17.5 Å². The third-order valence-electron chi connectivity index (χ3n) is 3.65. The number of hydrogen-bond acceptors (Lipinski definition) is 4. The molecule has 6 heteroatoms. The van der Waals surface area contributed by atoms with E-state index in [1.807, 2.05) is 11.8 Å². The lowest BCUT2D eigenvalue weighted by Crippen LogP contribution is -2.54. The Morgan fingerprint density at radius 3 is 2.90 bits per heavy atom. The van der Waals surface area contributed by atoms with Crippen molar-refractivity contribution < 1.29 is 18.7 Å². The molecule has 114 valence electrons. The Morgan fingerprint density at radius 1 is 1.52 bits per heavy atom. The van der Waals surface area contributed by atoms with Crippen LogP contribution in [0.15, 0.2) is 18.2 Å². The van der Waals surface area contributed by atoms with E-state index in [0.29, 0.717) is 19.5 Å². The number of piperazine rings is 1. The number of halogens is 1. The summed E-state index contributed by atoms with van der Waals surface area (Å²) in [7, 11) is 1.22. The number of benzene rings is 1. The Morgan fingerprint density at radius 2 is 2.29 bits per heavy atom. The van der Waals surface area contributed by atoms with Crippen LogP contribution in [0.3, 0.4) is 0 Å². The summed E-state index contributed by atoms with van der Waals surface area (Å²) in [5, 5.41) is 2.83. The van der Waals surface area contributed by atoms with Gasteiger partial charge in [0.05, 0.1) is 18.7 Å². The van der Waals surface area contributed by atoms with E-state index in [4.69, 9.17) is 0 Å². The van der Waals surface area contributed by atoms with E-state index < -0.39 is 11.8 Å². The number of hydrogen-bond donors (Lipinski definition) is 1. The van der Waals surface area contributed by atoms with Gasteiger partial charge in [0.25, 0.3) is 0 Å².